The van der Waals surface area contributed by atoms with Crippen LogP contribution < -0.4 is 0 Å². The second kappa shape index (κ2) is 30.3. The molecule has 0 aromatic carbocycles. The summed E-state index contributed by atoms with van der Waals surface area (Å²) < 4.78 is 10.7. The molecule has 4 nitrogen and oxygen atoms in total. The zero-order valence-corrected chi connectivity index (χ0v) is 33.8. The molecule has 0 rings (SSSR count). The molecule has 0 aromatic rings. The van der Waals surface area contributed by atoms with Crippen molar-refractivity contribution in [3.8, 4) is 0 Å². The minimum absolute atomic E-state index is 0.0664. The van der Waals surface area contributed by atoms with Crippen LogP contribution in [-0.4, -0.2) is 25.2 Å². The van der Waals surface area contributed by atoms with Crippen molar-refractivity contribution in [2.24, 2.45) is 35.5 Å². The summed E-state index contributed by atoms with van der Waals surface area (Å²) in [5, 5.41) is 0. The number of esters is 2. The minimum Gasteiger partial charge on any atom is -0.461 e. The summed E-state index contributed by atoms with van der Waals surface area (Å²) in [5.41, 5.74) is 2.53. The van der Waals surface area contributed by atoms with E-state index in [2.05, 4.69) is 69.2 Å². The zero-order valence-electron chi connectivity index (χ0n) is 33.8. The van der Waals surface area contributed by atoms with Gasteiger partial charge in [0.1, 0.15) is 13.2 Å². The molecule has 0 fully saturated rings. The van der Waals surface area contributed by atoms with Crippen molar-refractivity contribution in [2.45, 2.75) is 198 Å². The Hall–Kier alpha value is -1.58. The molecule has 282 valence electrons. The lowest BCUT2D eigenvalue weighted by Crippen LogP contribution is -2.10. The third kappa shape index (κ3) is 31.7. The molecule has 4 heteroatoms. The summed E-state index contributed by atoms with van der Waals surface area (Å²) in [6.07, 6.45) is 27.4. The van der Waals surface area contributed by atoms with E-state index in [-0.39, 0.29) is 38.0 Å². The van der Waals surface area contributed by atoms with Gasteiger partial charge < -0.3 is 9.47 Å². The van der Waals surface area contributed by atoms with E-state index in [4.69, 9.17) is 9.47 Å². The Kier molecular flexibility index (Phi) is 29.3. The van der Waals surface area contributed by atoms with E-state index in [0.29, 0.717) is 0 Å². The topological polar surface area (TPSA) is 52.6 Å². The van der Waals surface area contributed by atoms with Crippen molar-refractivity contribution in [3.05, 3.63) is 23.3 Å². The van der Waals surface area contributed by atoms with Crippen molar-refractivity contribution < 1.29 is 19.1 Å². The fourth-order valence-electron chi connectivity index (χ4n) is 6.52. The molecule has 0 saturated heterocycles. The first-order valence-corrected chi connectivity index (χ1v) is 20.4. The smallest absolute Gasteiger partial charge is 0.306 e. The third-order valence-corrected chi connectivity index (χ3v) is 10.2. The summed E-state index contributed by atoms with van der Waals surface area (Å²) in [6, 6.07) is 0. The quantitative estimate of drug-likeness (QED) is 0.0542. The van der Waals surface area contributed by atoms with E-state index in [0.717, 1.165) is 48.3 Å². The molecule has 4 atom stereocenters. The molecule has 0 amide bonds. The monoisotopic (exact) mass is 675 g/mol. The molecule has 0 aromatic heterocycles. The van der Waals surface area contributed by atoms with Gasteiger partial charge in [0.25, 0.3) is 0 Å². The Bertz CT molecular complexity index is 784. The van der Waals surface area contributed by atoms with Gasteiger partial charge in [0.15, 0.2) is 0 Å². The van der Waals surface area contributed by atoms with E-state index in [1.165, 1.54) is 114 Å². The first kappa shape index (κ1) is 46.4. The summed E-state index contributed by atoms with van der Waals surface area (Å²) in [7, 11) is 0. The first-order valence-electron chi connectivity index (χ1n) is 20.4. The van der Waals surface area contributed by atoms with Crippen LogP contribution in [0, 0.1) is 35.5 Å². The zero-order chi connectivity index (χ0) is 36.2. The molecule has 0 radical (unpaired) electrons. The predicted octanol–water partition coefficient (Wildman–Crippen LogP) is 13.6. The summed E-state index contributed by atoms with van der Waals surface area (Å²) >= 11 is 0. The lowest BCUT2D eigenvalue weighted by Gasteiger charge is -2.15. The van der Waals surface area contributed by atoms with Gasteiger partial charge in [-0.3, -0.25) is 9.59 Å². The molecule has 0 heterocycles. The second-order valence-electron chi connectivity index (χ2n) is 16.7. The highest BCUT2D eigenvalue weighted by atomic mass is 16.5. The van der Waals surface area contributed by atoms with Gasteiger partial charge in [0, 0.05) is 0 Å². The third-order valence-electron chi connectivity index (χ3n) is 10.2. The molecule has 0 aliphatic carbocycles. The lowest BCUT2D eigenvalue weighted by atomic mass is 9.91. The molecule has 0 bridgehead atoms. The van der Waals surface area contributed by atoms with Gasteiger partial charge in [-0.15, -0.1) is 0 Å². The molecule has 4 unspecified atom stereocenters. The highest BCUT2D eigenvalue weighted by Gasteiger charge is 2.10. The normalized spacial score (nSPS) is 15.1. The van der Waals surface area contributed by atoms with Crippen LogP contribution in [0.1, 0.15) is 198 Å². The van der Waals surface area contributed by atoms with Crippen LogP contribution in [0.2, 0.25) is 0 Å². The number of allylic oxidation sites excluding steroid dienone is 2. The standard InChI is InChI=1S/C44H82O4/c1-35(2)17-11-19-37(5)21-13-23-39(7)25-15-27-41(9)31-33-47-43(45)29-30-44(46)48-34-32-42(10)28-16-26-40(8)24-14-22-38(6)20-12-18-36(3)4/h31-32,35-40H,11-30,33-34H2,1-10H3/b41-31+,42-32+. The van der Waals surface area contributed by atoms with Crippen LogP contribution >= 0.6 is 0 Å². The Morgan fingerprint density at radius 1 is 0.417 bits per heavy atom. The summed E-state index contributed by atoms with van der Waals surface area (Å²) in [6.45, 7) is 23.7. The molecule has 0 spiro atoms. The Labute approximate surface area is 300 Å². The molecule has 0 N–H and O–H groups in total. The van der Waals surface area contributed by atoms with Gasteiger partial charge >= 0.3 is 11.9 Å². The number of hydrogen-bond donors (Lipinski definition) is 0. The summed E-state index contributed by atoms with van der Waals surface area (Å²) in [4.78, 5) is 24.2. The van der Waals surface area contributed by atoms with Crippen molar-refractivity contribution in [1.29, 1.82) is 0 Å². The average Bonchev–Trinajstić information content (AvgIpc) is 2.99. The highest BCUT2D eigenvalue weighted by Crippen LogP contribution is 2.23. The van der Waals surface area contributed by atoms with Gasteiger partial charge in [-0.2, -0.15) is 0 Å². The molecule has 48 heavy (non-hydrogen) atoms. The molecule has 0 aliphatic rings. The number of rotatable bonds is 31. The second-order valence-corrected chi connectivity index (χ2v) is 16.7. The Morgan fingerprint density at radius 3 is 0.979 bits per heavy atom. The maximum absolute atomic E-state index is 12.1. The van der Waals surface area contributed by atoms with Crippen LogP contribution in [0.25, 0.3) is 0 Å². The predicted molar refractivity (Wildman–Crippen MR) is 208 cm³/mol. The first-order chi connectivity index (χ1) is 22.8. The largest absolute Gasteiger partial charge is 0.461 e. The van der Waals surface area contributed by atoms with Gasteiger partial charge in [-0.1, -0.05) is 156 Å². The summed E-state index contributed by atoms with van der Waals surface area (Å²) in [5.74, 6) is 4.21. The van der Waals surface area contributed by atoms with Crippen molar-refractivity contribution in [1.82, 2.24) is 0 Å². The van der Waals surface area contributed by atoms with Crippen molar-refractivity contribution in [2.75, 3.05) is 13.2 Å². The fourth-order valence-corrected chi connectivity index (χ4v) is 6.52. The molecular weight excluding hydrogens is 592 g/mol. The van der Waals surface area contributed by atoms with Crippen molar-refractivity contribution >= 4 is 11.9 Å². The van der Waals surface area contributed by atoms with E-state index in [1.54, 1.807) is 0 Å². The van der Waals surface area contributed by atoms with Crippen LogP contribution in [0.15, 0.2) is 23.3 Å². The molecule has 0 saturated carbocycles. The molecule has 0 aliphatic heterocycles. The molecular formula is C44H82O4. The van der Waals surface area contributed by atoms with Gasteiger partial charge in [0.05, 0.1) is 12.8 Å². The average molecular weight is 675 g/mol. The Morgan fingerprint density at radius 2 is 0.688 bits per heavy atom. The van der Waals surface area contributed by atoms with Gasteiger partial charge in [0.2, 0.25) is 0 Å². The Balaban J connectivity index is 3.89. The van der Waals surface area contributed by atoms with E-state index < -0.39 is 0 Å². The van der Waals surface area contributed by atoms with Gasteiger partial charge in [-0.25, -0.2) is 0 Å². The number of ether oxygens (including phenoxy) is 2. The number of carbonyl (C=O) groups is 2. The SMILES string of the molecule is C/C(=C\COC(=O)CCC(=O)OC/C=C(\C)CCCC(C)CCCC(C)CCCC(C)C)CCCC(C)CCCC(C)CCCC(C)C. The van der Waals surface area contributed by atoms with Crippen LogP contribution in [0.4, 0.5) is 0 Å². The van der Waals surface area contributed by atoms with Crippen LogP contribution in [0.5, 0.6) is 0 Å². The van der Waals surface area contributed by atoms with Crippen LogP contribution in [0.3, 0.4) is 0 Å². The highest BCUT2D eigenvalue weighted by molar-refractivity contribution is 5.77. The maximum Gasteiger partial charge on any atom is 0.306 e. The maximum atomic E-state index is 12.1. The van der Waals surface area contributed by atoms with E-state index in [1.807, 2.05) is 12.2 Å². The lowest BCUT2D eigenvalue weighted by molar-refractivity contribution is -0.149. The van der Waals surface area contributed by atoms with Gasteiger partial charge in [-0.05, 0) is 87.2 Å². The fraction of sp³-hybridized carbons (Fsp3) is 0.864. The minimum atomic E-state index is -0.343. The van der Waals surface area contributed by atoms with E-state index in [9.17, 15) is 9.59 Å². The van der Waals surface area contributed by atoms with Crippen LogP contribution in [-0.2, 0) is 19.1 Å². The van der Waals surface area contributed by atoms with Crippen molar-refractivity contribution in [3.63, 3.8) is 0 Å². The number of hydrogen-bond acceptors (Lipinski definition) is 4. The van der Waals surface area contributed by atoms with E-state index >= 15 is 0 Å². The number of carbonyl (C=O) groups excluding carboxylic acids is 2.